The van der Waals surface area contributed by atoms with Crippen molar-refractivity contribution >= 4 is 11.9 Å². The lowest BCUT2D eigenvalue weighted by molar-refractivity contribution is -0.143. The molecule has 0 aromatic rings. The van der Waals surface area contributed by atoms with Gasteiger partial charge in [0.2, 0.25) is 5.91 Å². The zero-order chi connectivity index (χ0) is 50.0. The third-order valence-electron chi connectivity index (χ3n) is 13.8. The Morgan fingerprint density at radius 1 is 0.406 bits per heavy atom. The molecule has 0 saturated heterocycles. The maximum atomic E-state index is 12.5. The molecule has 0 spiro atoms. The highest BCUT2D eigenvalue weighted by Gasteiger charge is 2.18. The van der Waals surface area contributed by atoms with E-state index in [1.165, 1.54) is 186 Å². The second kappa shape index (κ2) is 58.4. The lowest BCUT2D eigenvalue weighted by Crippen LogP contribution is -2.45. The molecular formula is C63H117NO5. The first-order valence-electron chi connectivity index (χ1n) is 30.4. The Balaban J connectivity index is 3.54. The molecule has 0 radical (unpaired) electrons. The summed E-state index contributed by atoms with van der Waals surface area (Å²) in [5.74, 6) is -0.130. The molecule has 2 unspecified atom stereocenters. The van der Waals surface area contributed by atoms with Crippen LogP contribution in [0.5, 0.6) is 0 Å². The van der Waals surface area contributed by atoms with Crippen molar-refractivity contribution in [3.05, 3.63) is 48.6 Å². The standard InChI is InChI=1S/C63H117NO5/c1-3-5-7-9-11-13-15-17-19-21-22-23-24-25-26-27-28-29-31-35-39-43-47-51-55-61(66)60(59-65)64-62(67)56-52-48-44-40-36-33-34-38-42-46-50-54-58-69-63(68)57-53-49-45-41-37-32-30-20-18-16-14-12-10-8-6-4-2/h14,16,20,30,34,38,51,55,60-61,65-66H,3-13,15,17-19,21-29,31-33,35-37,39-50,52-54,56-59H2,1-2H3,(H,64,67)/b16-14-,30-20-,38-34-,55-51+. The lowest BCUT2D eigenvalue weighted by Gasteiger charge is -2.20. The van der Waals surface area contributed by atoms with Crippen LogP contribution in [0.1, 0.15) is 316 Å². The Morgan fingerprint density at radius 3 is 1.13 bits per heavy atom. The number of aliphatic hydroxyl groups is 2. The molecule has 0 aliphatic heterocycles. The predicted molar refractivity (Wildman–Crippen MR) is 301 cm³/mol. The number of ether oxygens (including phenoxy) is 1. The van der Waals surface area contributed by atoms with Crippen LogP contribution in [-0.2, 0) is 14.3 Å². The van der Waals surface area contributed by atoms with Crippen molar-refractivity contribution in [3.63, 3.8) is 0 Å². The van der Waals surface area contributed by atoms with Gasteiger partial charge in [0.15, 0.2) is 0 Å². The van der Waals surface area contributed by atoms with E-state index in [0.717, 1.165) is 103 Å². The number of hydrogen-bond acceptors (Lipinski definition) is 5. The van der Waals surface area contributed by atoms with Crippen molar-refractivity contribution in [3.8, 4) is 0 Å². The molecule has 0 heterocycles. The number of esters is 1. The van der Waals surface area contributed by atoms with Gasteiger partial charge < -0.3 is 20.3 Å². The Bertz CT molecular complexity index is 1160. The van der Waals surface area contributed by atoms with E-state index in [1.54, 1.807) is 6.08 Å². The van der Waals surface area contributed by atoms with Crippen LogP contribution in [0.15, 0.2) is 48.6 Å². The van der Waals surface area contributed by atoms with Crippen molar-refractivity contribution in [2.75, 3.05) is 13.2 Å². The minimum absolute atomic E-state index is 0.0377. The highest BCUT2D eigenvalue weighted by atomic mass is 16.5. The summed E-state index contributed by atoms with van der Waals surface area (Å²) in [6.07, 6.45) is 74.3. The fourth-order valence-electron chi connectivity index (χ4n) is 9.13. The third-order valence-corrected chi connectivity index (χ3v) is 13.8. The first-order valence-corrected chi connectivity index (χ1v) is 30.4. The molecule has 0 bridgehead atoms. The maximum absolute atomic E-state index is 12.5. The summed E-state index contributed by atoms with van der Waals surface area (Å²) in [6, 6.07) is -0.650. The van der Waals surface area contributed by atoms with Crippen molar-refractivity contribution in [2.45, 2.75) is 328 Å². The molecule has 6 nitrogen and oxygen atoms in total. The molecule has 3 N–H and O–H groups in total. The number of unbranched alkanes of at least 4 members (excludes halogenated alkanes) is 39. The van der Waals surface area contributed by atoms with Gasteiger partial charge in [0.25, 0.3) is 0 Å². The number of rotatable bonds is 56. The maximum Gasteiger partial charge on any atom is 0.305 e. The normalized spacial score (nSPS) is 12.9. The van der Waals surface area contributed by atoms with Gasteiger partial charge in [-0.2, -0.15) is 0 Å². The average molecular weight is 969 g/mol. The quantitative estimate of drug-likeness (QED) is 0.0321. The first kappa shape index (κ1) is 66.8. The highest BCUT2D eigenvalue weighted by Crippen LogP contribution is 2.17. The Labute approximate surface area is 429 Å². The van der Waals surface area contributed by atoms with E-state index in [0.29, 0.717) is 19.4 Å². The average Bonchev–Trinajstić information content (AvgIpc) is 3.35. The molecule has 0 aliphatic rings. The number of amides is 1. The minimum atomic E-state index is -0.864. The zero-order valence-corrected chi connectivity index (χ0v) is 46.0. The van der Waals surface area contributed by atoms with Crippen LogP contribution in [0.25, 0.3) is 0 Å². The van der Waals surface area contributed by atoms with Crippen molar-refractivity contribution < 1.29 is 24.5 Å². The fourth-order valence-corrected chi connectivity index (χ4v) is 9.13. The molecule has 0 rings (SSSR count). The summed E-state index contributed by atoms with van der Waals surface area (Å²) >= 11 is 0. The Morgan fingerprint density at radius 2 is 0.725 bits per heavy atom. The van der Waals surface area contributed by atoms with E-state index in [1.807, 2.05) is 6.08 Å². The van der Waals surface area contributed by atoms with Gasteiger partial charge in [0, 0.05) is 12.8 Å². The number of carbonyl (C=O) groups is 2. The van der Waals surface area contributed by atoms with Gasteiger partial charge in [-0.1, -0.05) is 255 Å². The van der Waals surface area contributed by atoms with Crippen LogP contribution >= 0.6 is 0 Å². The van der Waals surface area contributed by atoms with E-state index >= 15 is 0 Å². The number of hydrogen-bond donors (Lipinski definition) is 3. The van der Waals surface area contributed by atoms with E-state index in [2.05, 4.69) is 55.6 Å². The van der Waals surface area contributed by atoms with Gasteiger partial charge in [0.05, 0.1) is 25.4 Å². The molecule has 0 fully saturated rings. The van der Waals surface area contributed by atoms with Gasteiger partial charge in [-0.05, 0) is 96.3 Å². The van der Waals surface area contributed by atoms with Crippen LogP contribution in [0.2, 0.25) is 0 Å². The van der Waals surface area contributed by atoms with E-state index in [9.17, 15) is 19.8 Å². The molecule has 0 aliphatic carbocycles. The van der Waals surface area contributed by atoms with Crippen LogP contribution in [0.4, 0.5) is 0 Å². The second-order valence-electron chi connectivity index (χ2n) is 20.7. The van der Waals surface area contributed by atoms with Crippen LogP contribution < -0.4 is 5.32 Å². The molecule has 0 saturated carbocycles. The molecular weight excluding hydrogens is 851 g/mol. The lowest BCUT2D eigenvalue weighted by atomic mass is 10.0. The van der Waals surface area contributed by atoms with E-state index in [4.69, 9.17) is 4.74 Å². The number of allylic oxidation sites excluding steroid dienone is 7. The van der Waals surface area contributed by atoms with Gasteiger partial charge in [-0.25, -0.2) is 0 Å². The monoisotopic (exact) mass is 968 g/mol. The number of nitrogens with one attached hydrogen (secondary N) is 1. The molecule has 0 aromatic carbocycles. The SMILES string of the molecule is CCCCCC/C=C\C/C=C\CCCCCCCC(=O)OCCCCC/C=C\CCCCCCCC(=O)NC(CO)C(O)/C=C/CCCCCCCCCCCCCCCCCCCCCCCC. The van der Waals surface area contributed by atoms with Gasteiger partial charge >= 0.3 is 5.97 Å². The summed E-state index contributed by atoms with van der Waals surface area (Å²) in [6.45, 7) is 4.83. The highest BCUT2D eigenvalue weighted by molar-refractivity contribution is 5.76. The summed E-state index contributed by atoms with van der Waals surface area (Å²) in [4.78, 5) is 24.5. The molecule has 404 valence electrons. The fraction of sp³-hybridized carbons (Fsp3) is 0.841. The molecule has 2 atom stereocenters. The van der Waals surface area contributed by atoms with Crippen molar-refractivity contribution in [1.82, 2.24) is 5.32 Å². The second-order valence-corrected chi connectivity index (χ2v) is 20.7. The topological polar surface area (TPSA) is 95.9 Å². The van der Waals surface area contributed by atoms with Crippen molar-refractivity contribution in [1.29, 1.82) is 0 Å². The molecule has 6 heteroatoms. The minimum Gasteiger partial charge on any atom is -0.466 e. The third kappa shape index (κ3) is 55.0. The van der Waals surface area contributed by atoms with Gasteiger partial charge in [0.1, 0.15) is 0 Å². The summed E-state index contributed by atoms with van der Waals surface area (Å²) < 4.78 is 5.45. The Kier molecular flexibility index (Phi) is 56.5. The molecule has 69 heavy (non-hydrogen) atoms. The zero-order valence-electron chi connectivity index (χ0n) is 46.0. The molecule has 1 amide bonds. The van der Waals surface area contributed by atoms with Gasteiger partial charge in [-0.3, -0.25) is 9.59 Å². The van der Waals surface area contributed by atoms with E-state index < -0.39 is 12.1 Å². The van der Waals surface area contributed by atoms with Gasteiger partial charge in [-0.15, -0.1) is 0 Å². The van der Waals surface area contributed by atoms with Crippen LogP contribution in [-0.4, -0.2) is 47.4 Å². The summed E-state index contributed by atoms with van der Waals surface area (Å²) in [5, 5.41) is 23.2. The van der Waals surface area contributed by atoms with Crippen LogP contribution in [0.3, 0.4) is 0 Å². The summed E-state index contributed by atoms with van der Waals surface area (Å²) in [5.41, 5.74) is 0. The largest absolute Gasteiger partial charge is 0.466 e. The predicted octanol–water partition coefficient (Wildman–Crippen LogP) is 19.0. The van der Waals surface area contributed by atoms with Crippen molar-refractivity contribution in [2.24, 2.45) is 0 Å². The van der Waals surface area contributed by atoms with E-state index in [-0.39, 0.29) is 18.5 Å². The number of aliphatic hydroxyl groups excluding tert-OH is 2. The Hall–Kier alpha value is -2.18. The first-order chi connectivity index (χ1) is 34.0. The molecule has 0 aromatic heterocycles. The summed E-state index contributed by atoms with van der Waals surface area (Å²) in [7, 11) is 0. The number of carbonyl (C=O) groups excluding carboxylic acids is 2. The smallest absolute Gasteiger partial charge is 0.305 e. The van der Waals surface area contributed by atoms with Crippen LogP contribution in [0, 0.1) is 0 Å².